The third-order valence-electron chi connectivity index (χ3n) is 2.48. The molecule has 0 amide bonds. The van der Waals surface area contributed by atoms with E-state index in [0.29, 0.717) is 0 Å². The summed E-state index contributed by atoms with van der Waals surface area (Å²) in [5.74, 6) is 0.750. The Bertz CT molecular complexity index is 459. The molecule has 17 heavy (non-hydrogen) atoms. The molecule has 0 aromatic heterocycles. The fourth-order valence-electron chi connectivity index (χ4n) is 1.54. The Labute approximate surface area is 114 Å². The van der Waals surface area contributed by atoms with Gasteiger partial charge in [0.05, 0.1) is 7.11 Å². The van der Waals surface area contributed by atoms with Gasteiger partial charge in [-0.05, 0) is 12.1 Å². The predicted molar refractivity (Wildman–Crippen MR) is 66.3 cm³/mol. The van der Waals surface area contributed by atoms with Crippen LogP contribution < -0.4 is 28.5 Å². The first kappa shape index (κ1) is 13.7. The normalized spacial score (nSPS) is 9.29. The molecule has 0 unspecified atom stereocenters. The Morgan fingerprint density at radius 3 is 2.35 bits per heavy atom. The second-order valence-electron chi connectivity index (χ2n) is 3.50. The molecule has 0 bridgehead atoms. The van der Waals surface area contributed by atoms with Crippen molar-refractivity contribution in [2.24, 2.45) is 0 Å². The quantitative estimate of drug-likeness (QED) is 0.542. The van der Waals surface area contributed by atoms with Gasteiger partial charge in [-0.25, -0.2) is 0 Å². The van der Waals surface area contributed by atoms with Crippen molar-refractivity contribution in [1.82, 2.24) is 0 Å². The van der Waals surface area contributed by atoms with Gasteiger partial charge >= 0.3 is 18.9 Å². The van der Waals surface area contributed by atoms with Crippen LogP contribution in [0.4, 0.5) is 11.4 Å². The first-order chi connectivity index (χ1) is 7.81. The van der Waals surface area contributed by atoms with Crippen LogP contribution in [0.3, 0.4) is 0 Å². The summed E-state index contributed by atoms with van der Waals surface area (Å²) in [6.07, 6.45) is 0. The van der Waals surface area contributed by atoms with E-state index in [1.165, 1.54) is 0 Å². The average Bonchev–Trinajstić information content (AvgIpc) is 2.39. The molecule has 2 rings (SSSR count). The van der Waals surface area contributed by atoms with Crippen LogP contribution in [-0.4, -0.2) is 14.2 Å². The van der Waals surface area contributed by atoms with Gasteiger partial charge in [-0.3, -0.25) is 0 Å². The molecule has 2 aromatic rings. The summed E-state index contributed by atoms with van der Waals surface area (Å²) in [6, 6.07) is 19.2. The SMILES string of the molecule is COc1[c-]c(N(C)c2ccccc2)ccc1.[Li+]. The summed E-state index contributed by atoms with van der Waals surface area (Å²) in [5.41, 5.74) is 2.12. The molecule has 2 nitrogen and oxygen atoms in total. The van der Waals surface area contributed by atoms with Gasteiger partial charge in [0.2, 0.25) is 0 Å². The minimum Gasteiger partial charge on any atom is -0.523 e. The number of hydrogen-bond donors (Lipinski definition) is 0. The number of benzene rings is 2. The van der Waals surface area contributed by atoms with E-state index >= 15 is 0 Å². The monoisotopic (exact) mass is 219 g/mol. The minimum atomic E-state index is 0. The van der Waals surface area contributed by atoms with E-state index in [1.54, 1.807) is 7.11 Å². The number of para-hydroxylation sites is 1. The smallest absolute Gasteiger partial charge is 0.523 e. The van der Waals surface area contributed by atoms with Crippen LogP contribution in [0.15, 0.2) is 48.5 Å². The molecule has 0 spiro atoms. The Balaban J connectivity index is 0.00000144. The van der Waals surface area contributed by atoms with E-state index in [-0.39, 0.29) is 18.9 Å². The van der Waals surface area contributed by atoms with Gasteiger partial charge in [0, 0.05) is 18.5 Å². The molecule has 0 saturated carbocycles. The molecular weight excluding hydrogens is 205 g/mol. The molecule has 0 radical (unpaired) electrons. The van der Waals surface area contributed by atoms with Crippen molar-refractivity contribution < 1.29 is 23.6 Å². The zero-order chi connectivity index (χ0) is 11.4. The van der Waals surface area contributed by atoms with Crippen molar-refractivity contribution in [3.8, 4) is 5.75 Å². The largest absolute Gasteiger partial charge is 1.00 e. The standard InChI is InChI=1S/C14H14NO.Li/c1-15(12-7-4-3-5-8-12)13-9-6-10-14(11-13)16-2;/h3-10H,1-2H3;/q-1;+1. The van der Waals surface area contributed by atoms with Crippen molar-refractivity contribution >= 4 is 11.4 Å². The van der Waals surface area contributed by atoms with E-state index in [9.17, 15) is 0 Å². The Kier molecular flexibility index (Phi) is 5.15. The summed E-state index contributed by atoms with van der Waals surface area (Å²) in [5, 5.41) is 0. The van der Waals surface area contributed by atoms with Crippen LogP contribution in [0.2, 0.25) is 0 Å². The number of nitrogens with zero attached hydrogens (tertiary/aromatic N) is 1. The number of hydrogen-bond acceptors (Lipinski definition) is 2. The number of ether oxygens (including phenoxy) is 1. The Morgan fingerprint density at radius 1 is 1.00 bits per heavy atom. The van der Waals surface area contributed by atoms with Gasteiger partial charge in [-0.1, -0.05) is 23.9 Å². The van der Waals surface area contributed by atoms with E-state index in [2.05, 4.69) is 23.1 Å². The van der Waals surface area contributed by atoms with Gasteiger partial charge < -0.3 is 9.64 Å². The molecule has 0 heterocycles. The maximum Gasteiger partial charge on any atom is 1.00 e. The molecule has 2 aromatic carbocycles. The number of rotatable bonds is 3. The molecule has 82 valence electrons. The van der Waals surface area contributed by atoms with Crippen LogP contribution in [0.1, 0.15) is 0 Å². The predicted octanol–water partition coefficient (Wildman–Crippen LogP) is 0.267. The van der Waals surface area contributed by atoms with Crippen LogP contribution in [0.5, 0.6) is 5.75 Å². The Hall–Kier alpha value is -1.36. The van der Waals surface area contributed by atoms with Gasteiger partial charge in [0.1, 0.15) is 0 Å². The van der Waals surface area contributed by atoms with Gasteiger partial charge in [-0.2, -0.15) is 6.07 Å². The first-order valence-corrected chi connectivity index (χ1v) is 5.16. The van der Waals surface area contributed by atoms with E-state index in [0.717, 1.165) is 17.1 Å². The minimum absolute atomic E-state index is 0. The van der Waals surface area contributed by atoms with Crippen molar-refractivity contribution in [3.63, 3.8) is 0 Å². The van der Waals surface area contributed by atoms with Crippen LogP contribution in [0.25, 0.3) is 0 Å². The average molecular weight is 219 g/mol. The fraction of sp³-hybridized carbons (Fsp3) is 0.143. The molecule has 0 aliphatic carbocycles. The first-order valence-electron chi connectivity index (χ1n) is 5.16. The van der Waals surface area contributed by atoms with Crippen molar-refractivity contribution in [2.45, 2.75) is 0 Å². The van der Waals surface area contributed by atoms with E-state index in [1.807, 2.05) is 43.4 Å². The topological polar surface area (TPSA) is 12.5 Å². The summed E-state index contributed by atoms with van der Waals surface area (Å²) in [6.45, 7) is 0. The second-order valence-corrected chi connectivity index (χ2v) is 3.50. The second kappa shape index (κ2) is 6.39. The summed E-state index contributed by atoms with van der Waals surface area (Å²) >= 11 is 0. The third kappa shape index (κ3) is 3.29. The maximum absolute atomic E-state index is 5.16. The molecule has 0 aliphatic rings. The van der Waals surface area contributed by atoms with Crippen molar-refractivity contribution in [1.29, 1.82) is 0 Å². The van der Waals surface area contributed by atoms with Crippen LogP contribution >= 0.6 is 0 Å². The van der Waals surface area contributed by atoms with E-state index < -0.39 is 0 Å². The summed E-state index contributed by atoms with van der Waals surface area (Å²) in [4.78, 5) is 2.07. The van der Waals surface area contributed by atoms with Crippen LogP contribution in [-0.2, 0) is 0 Å². The fourth-order valence-corrected chi connectivity index (χ4v) is 1.54. The Morgan fingerprint density at radius 2 is 1.71 bits per heavy atom. The maximum atomic E-state index is 5.16. The number of anilines is 2. The third-order valence-corrected chi connectivity index (χ3v) is 2.48. The zero-order valence-electron chi connectivity index (χ0n) is 10.5. The van der Waals surface area contributed by atoms with E-state index in [4.69, 9.17) is 4.74 Å². The van der Waals surface area contributed by atoms with Crippen molar-refractivity contribution in [3.05, 3.63) is 54.6 Å². The zero-order valence-corrected chi connectivity index (χ0v) is 10.5. The summed E-state index contributed by atoms with van der Waals surface area (Å²) in [7, 11) is 3.67. The van der Waals surface area contributed by atoms with Crippen LogP contribution in [0, 0.1) is 6.07 Å². The molecule has 0 N–H and O–H groups in total. The molecule has 0 atom stereocenters. The molecule has 0 saturated heterocycles. The molecule has 0 fully saturated rings. The molecular formula is C14H14LiNO. The van der Waals surface area contributed by atoms with Gasteiger partial charge in [0.15, 0.2) is 0 Å². The van der Waals surface area contributed by atoms with Gasteiger partial charge in [0.25, 0.3) is 0 Å². The number of methoxy groups -OCH3 is 1. The summed E-state index contributed by atoms with van der Waals surface area (Å²) < 4.78 is 5.16. The van der Waals surface area contributed by atoms with Gasteiger partial charge in [-0.15, -0.1) is 18.2 Å². The molecule has 3 heteroatoms. The van der Waals surface area contributed by atoms with Crippen molar-refractivity contribution in [2.75, 3.05) is 19.1 Å². The molecule has 0 aliphatic heterocycles.